The van der Waals surface area contributed by atoms with Crippen molar-refractivity contribution in [1.82, 2.24) is 9.88 Å². The fourth-order valence-corrected chi connectivity index (χ4v) is 4.49. The highest BCUT2D eigenvalue weighted by Gasteiger charge is 2.35. The maximum atomic E-state index is 13.0. The zero-order valence-corrected chi connectivity index (χ0v) is 19.5. The number of carbonyl (C=O) groups excluding carboxylic acids is 2. The highest BCUT2D eigenvalue weighted by atomic mass is 35.5. The van der Waals surface area contributed by atoms with E-state index in [2.05, 4.69) is 46.3 Å². The molecule has 3 amide bonds. The van der Waals surface area contributed by atoms with E-state index in [1.54, 1.807) is 30.3 Å². The van der Waals surface area contributed by atoms with Crippen molar-refractivity contribution in [3.63, 3.8) is 0 Å². The monoisotopic (exact) mass is 467 g/mol. The van der Waals surface area contributed by atoms with Gasteiger partial charge >= 0.3 is 6.03 Å². The topological polar surface area (TPSA) is 54.3 Å². The number of aryl methyl sites for hydroxylation is 1. The first kappa shape index (κ1) is 21.7. The van der Waals surface area contributed by atoms with E-state index in [0.717, 1.165) is 33.1 Å². The van der Waals surface area contributed by atoms with Gasteiger partial charge in [-0.1, -0.05) is 60.1 Å². The van der Waals surface area contributed by atoms with Crippen LogP contribution in [-0.2, 0) is 4.79 Å². The SMILES string of the molecule is Cc1cc(/C=C2\NC(=O)N(c3cccc(Cl)c3)C2=O)c(C)n1-c1ccc(-c2ccccc2)cc1. The van der Waals surface area contributed by atoms with Crippen LogP contribution in [0.3, 0.4) is 0 Å². The summed E-state index contributed by atoms with van der Waals surface area (Å²) >= 11 is 6.04. The van der Waals surface area contributed by atoms with E-state index in [-0.39, 0.29) is 5.70 Å². The predicted molar refractivity (Wildman–Crippen MR) is 136 cm³/mol. The number of halogens is 1. The summed E-state index contributed by atoms with van der Waals surface area (Å²) in [6.07, 6.45) is 1.72. The largest absolute Gasteiger partial charge is 0.333 e. The van der Waals surface area contributed by atoms with Crippen LogP contribution in [0.1, 0.15) is 17.0 Å². The average Bonchev–Trinajstić information content (AvgIpc) is 3.28. The second kappa shape index (κ2) is 8.69. The summed E-state index contributed by atoms with van der Waals surface area (Å²) in [5, 5.41) is 3.14. The van der Waals surface area contributed by atoms with Gasteiger partial charge in [0.2, 0.25) is 0 Å². The van der Waals surface area contributed by atoms with Crippen LogP contribution < -0.4 is 10.2 Å². The molecule has 0 atom stereocenters. The van der Waals surface area contributed by atoms with Crippen molar-refractivity contribution in [2.24, 2.45) is 0 Å². The third-order valence-corrected chi connectivity index (χ3v) is 6.18. The molecule has 34 heavy (non-hydrogen) atoms. The van der Waals surface area contributed by atoms with Gasteiger partial charge in [0.15, 0.2) is 0 Å². The van der Waals surface area contributed by atoms with Gasteiger partial charge in [-0.15, -0.1) is 0 Å². The highest BCUT2D eigenvalue weighted by molar-refractivity contribution is 6.32. The molecular formula is C28H22ClN3O2. The van der Waals surface area contributed by atoms with Gasteiger partial charge in [0, 0.05) is 22.1 Å². The first-order chi connectivity index (χ1) is 16.4. The fraction of sp³-hybridized carbons (Fsp3) is 0.0714. The number of hydrogen-bond acceptors (Lipinski definition) is 2. The zero-order chi connectivity index (χ0) is 23.8. The van der Waals surface area contributed by atoms with Crippen molar-refractivity contribution < 1.29 is 9.59 Å². The number of amides is 3. The molecule has 0 radical (unpaired) electrons. The Morgan fingerprint density at radius 3 is 2.21 bits per heavy atom. The molecule has 0 unspecified atom stereocenters. The van der Waals surface area contributed by atoms with Crippen molar-refractivity contribution >= 4 is 35.3 Å². The lowest BCUT2D eigenvalue weighted by molar-refractivity contribution is -0.113. The second-order valence-corrected chi connectivity index (χ2v) is 8.62. The molecule has 1 N–H and O–H groups in total. The summed E-state index contributed by atoms with van der Waals surface area (Å²) in [5.74, 6) is -0.413. The quantitative estimate of drug-likeness (QED) is 0.274. The van der Waals surface area contributed by atoms with E-state index in [1.807, 2.05) is 38.1 Å². The third-order valence-electron chi connectivity index (χ3n) is 5.95. The Bertz CT molecular complexity index is 1440. The van der Waals surface area contributed by atoms with Crippen LogP contribution in [0.25, 0.3) is 22.9 Å². The Labute approximate surface area is 202 Å². The molecule has 0 spiro atoms. The van der Waals surface area contributed by atoms with Gasteiger partial charge in [0.1, 0.15) is 5.70 Å². The molecule has 4 aromatic rings. The van der Waals surface area contributed by atoms with Crippen LogP contribution >= 0.6 is 11.6 Å². The minimum atomic E-state index is -0.496. The predicted octanol–water partition coefficient (Wildman–Crippen LogP) is 6.51. The van der Waals surface area contributed by atoms with E-state index in [4.69, 9.17) is 11.6 Å². The number of benzene rings is 3. The molecule has 0 aliphatic carbocycles. The molecular weight excluding hydrogens is 446 g/mol. The molecule has 2 heterocycles. The molecule has 1 aromatic heterocycles. The minimum absolute atomic E-state index is 0.227. The van der Waals surface area contributed by atoms with Crippen molar-refractivity contribution in [2.75, 3.05) is 4.90 Å². The van der Waals surface area contributed by atoms with Gasteiger partial charge in [-0.3, -0.25) is 4.79 Å². The molecule has 5 nitrogen and oxygen atoms in total. The van der Waals surface area contributed by atoms with Crippen LogP contribution in [0.15, 0.2) is 90.6 Å². The van der Waals surface area contributed by atoms with Crippen molar-refractivity contribution in [3.05, 3.63) is 113 Å². The number of anilines is 1. The van der Waals surface area contributed by atoms with Crippen LogP contribution in [0.5, 0.6) is 0 Å². The first-order valence-corrected chi connectivity index (χ1v) is 11.3. The van der Waals surface area contributed by atoms with E-state index < -0.39 is 11.9 Å². The number of nitrogens with one attached hydrogen (secondary N) is 1. The van der Waals surface area contributed by atoms with Crippen LogP contribution in [-0.4, -0.2) is 16.5 Å². The summed E-state index contributed by atoms with van der Waals surface area (Å²) in [6, 6.07) is 26.8. The standard InChI is InChI=1S/C28H22ClN3O2/c1-18-15-22(16-26-27(33)32(28(34)30-26)25-10-6-9-23(29)17-25)19(2)31(18)24-13-11-21(12-14-24)20-7-4-3-5-8-20/h3-17H,1-2H3,(H,30,34)/b26-16-. The summed E-state index contributed by atoms with van der Waals surface area (Å²) in [4.78, 5) is 26.6. The highest BCUT2D eigenvalue weighted by Crippen LogP contribution is 2.28. The minimum Gasteiger partial charge on any atom is -0.318 e. The number of rotatable bonds is 4. The van der Waals surface area contributed by atoms with Gasteiger partial charge in [0.25, 0.3) is 5.91 Å². The smallest absolute Gasteiger partial charge is 0.318 e. The Kier molecular flexibility index (Phi) is 5.56. The lowest BCUT2D eigenvalue weighted by atomic mass is 10.1. The molecule has 1 aliphatic heterocycles. The molecule has 168 valence electrons. The lowest BCUT2D eigenvalue weighted by Gasteiger charge is -2.11. The molecule has 0 saturated carbocycles. The fourth-order valence-electron chi connectivity index (χ4n) is 4.30. The van der Waals surface area contributed by atoms with Gasteiger partial charge in [0.05, 0.1) is 5.69 Å². The molecule has 5 rings (SSSR count). The van der Waals surface area contributed by atoms with Crippen molar-refractivity contribution in [2.45, 2.75) is 13.8 Å². The van der Waals surface area contributed by atoms with Gasteiger partial charge < -0.3 is 9.88 Å². The normalized spacial score (nSPS) is 14.7. The zero-order valence-electron chi connectivity index (χ0n) is 18.7. The molecule has 1 aliphatic rings. The van der Waals surface area contributed by atoms with Crippen LogP contribution in [0.4, 0.5) is 10.5 Å². The Balaban J connectivity index is 1.45. The number of imide groups is 1. The van der Waals surface area contributed by atoms with Crippen LogP contribution in [0.2, 0.25) is 5.02 Å². The van der Waals surface area contributed by atoms with Gasteiger partial charge in [-0.25, -0.2) is 9.69 Å². The van der Waals surface area contributed by atoms with E-state index >= 15 is 0 Å². The molecule has 3 aromatic carbocycles. The third kappa shape index (κ3) is 3.91. The Morgan fingerprint density at radius 2 is 1.50 bits per heavy atom. The number of carbonyl (C=O) groups is 2. The number of nitrogens with zero attached hydrogens (tertiary/aromatic N) is 2. The maximum Gasteiger partial charge on any atom is 0.333 e. The average molecular weight is 468 g/mol. The number of urea groups is 1. The Hall–Kier alpha value is -4.09. The van der Waals surface area contributed by atoms with Crippen molar-refractivity contribution in [3.8, 4) is 16.8 Å². The molecule has 1 fully saturated rings. The molecule has 1 saturated heterocycles. The second-order valence-electron chi connectivity index (χ2n) is 8.18. The van der Waals surface area contributed by atoms with E-state index in [9.17, 15) is 9.59 Å². The number of hydrogen-bond donors (Lipinski definition) is 1. The van der Waals surface area contributed by atoms with Gasteiger partial charge in [-0.05, 0) is 73.0 Å². The van der Waals surface area contributed by atoms with Crippen molar-refractivity contribution in [1.29, 1.82) is 0 Å². The van der Waals surface area contributed by atoms with E-state index in [1.165, 1.54) is 5.56 Å². The van der Waals surface area contributed by atoms with Crippen LogP contribution in [0, 0.1) is 13.8 Å². The molecule has 0 bridgehead atoms. The number of aromatic nitrogens is 1. The summed E-state index contributed by atoms with van der Waals surface area (Å²) in [6.45, 7) is 4.02. The Morgan fingerprint density at radius 1 is 0.794 bits per heavy atom. The first-order valence-electron chi connectivity index (χ1n) is 10.9. The molecule has 6 heteroatoms. The van der Waals surface area contributed by atoms with E-state index in [0.29, 0.717) is 10.7 Å². The summed E-state index contributed by atoms with van der Waals surface area (Å²) < 4.78 is 2.14. The maximum absolute atomic E-state index is 13.0. The van der Waals surface area contributed by atoms with Gasteiger partial charge in [-0.2, -0.15) is 0 Å². The lowest BCUT2D eigenvalue weighted by Crippen LogP contribution is -2.30. The summed E-state index contributed by atoms with van der Waals surface area (Å²) in [5.41, 5.74) is 6.87. The summed E-state index contributed by atoms with van der Waals surface area (Å²) in [7, 11) is 0.